The van der Waals surface area contributed by atoms with E-state index in [1.807, 2.05) is 18.2 Å². The standard InChI is InChI=1S/C14H21NO2/c1-11(10-15-12(2)14(16)17)8-9-13-6-4-3-5-7-13/h3-7,11-12,15H,8-10H2,1-2H3,(H,16,17)/t11?,12-/m0/s1. The predicted octanol–water partition coefficient (Wildman–Crippen LogP) is 2.32. The summed E-state index contributed by atoms with van der Waals surface area (Å²) < 4.78 is 0. The number of nitrogens with one attached hydrogen (secondary N) is 1. The van der Waals surface area contributed by atoms with Crippen LogP contribution in [0.5, 0.6) is 0 Å². The minimum Gasteiger partial charge on any atom is -0.480 e. The van der Waals surface area contributed by atoms with Gasteiger partial charge in [-0.15, -0.1) is 0 Å². The molecule has 1 aromatic carbocycles. The largest absolute Gasteiger partial charge is 0.480 e. The molecular formula is C14H21NO2. The van der Waals surface area contributed by atoms with E-state index in [9.17, 15) is 4.79 Å². The molecule has 94 valence electrons. The highest BCUT2D eigenvalue weighted by atomic mass is 16.4. The first-order chi connectivity index (χ1) is 8.09. The van der Waals surface area contributed by atoms with E-state index in [1.165, 1.54) is 5.56 Å². The van der Waals surface area contributed by atoms with Gasteiger partial charge in [0.25, 0.3) is 0 Å². The minimum absolute atomic E-state index is 0.464. The molecule has 1 rings (SSSR count). The summed E-state index contributed by atoms with van der Waals surface area (Å²) in [5, 5.41) is 11.8. The summed E-state index contributed by atoms with van der Waals surface area (Å²) >= 11 is 0. The Morgan fingerprint density at radius 2 is 1.94 bits per heavy atom. The molecule has 0 saturated carbocycles. The lowest BCUT2D eigenvalue weighted by atomic mass is 10.0. The van der Waals surface area contributed by atoms with Crippen LogP contribution < -0.4 is 5.32 Å². The molecule has 0 radical (unpaired) electrons. The molecule has 0 aliphatic carbocycles. The monoisotopic (exact) mass is 235 g/mol. The van der Waals surface area contributed by atoms with Gasteiger partial charge in [-0.05, 0) is 37.8 Å². The number of carboxylic acid groups (broad SMARTS) is 1. The molecule has 0 amide bonds. The molecule has 0 saturated heterocycles. The Kier molecular flexibility index (Phi) is 5.70. The minimum atomic E-state index is -0.791. The van der Waals surface area contributed by atoms with Crippen molar-refractivity contribution in [2.24, 2.45) is 5.92 Å². The Morgan fingerprint density at radius 1 is 1.29 bits per heavy atom. The molecule has 0 aromatic heterocycles. The third kappa shape index (κ3) is 5.50. The van der Waals surface area contributed by atoms with Gasteiger partial charge in [-0.25, -0.2) is 0 Å². The van der Waals surface area contributed by atoms with Gasteiger partial charge in [-0.3, -0.25) is 4.79 Å². The van der Waals surface area contributed by atoms with Crippen molar-refractivity contribution in [3.05, 3.63) is 35.9 Å². The molecule has 1 aromatic rings. The van der Waals surface area contributed by atoms with E-state index in [0.29, 0.717) is 5.92 Å². The fraction of sp³-hybridized carbons (Fsp3) is 0.500. The van der Waals surface area contributed by atoms with Gasteiger partial charge in [0.1, 0.15) is 6.04 Å². The maximum Gasteiger partial charge on any atom is 0.320 e. The highest BCUT2D eigenvalue weighted by Gasteiger charge is 2.11. The van der Waals surface area contributed by atoms with Gasteiger partial charge < -0.3 is 10.4 Å². The predicted molar refractivity (Wildman–Crippen MR) is 69.0 cm³/mol. The van der Waals surface area contributed by atoms with E-state index in [2.05, 4.69) is 24.4 Å². The Bertz CT molecular complexity index is 337. The van der Waals surface area contributed by atoms with E-state index in [1.54, 1.807) is 6.92 Å². The quantitative estimate of drug-likeness (QED) is 0.762. The molecule has 1 unspecified atom stereocenters. The maximum atomic E-state index is 10.6. The van der Waals surface area contributed by atoms with Crippen molar-refractivity contribution in [3.8, 4) is 0 Å². The maximum absolute atomic E-state index is 10.6. The van der Waals surface area contributed by atoms with Crippen LogP contribution in [0.2, 0.25) is 0 Å². The zero-order valence-electron chi connectivity index (χ0n) is 10.5. The molecule has 3 nitrogen and oxygen atoms in total. The average molecular weight is 235 g/mol. The van der Waals surface area contributed by atoms with Crippen molar-refractivity contribution >= 4 is 5.97 Å². The van der Waals surface area contributed by atoms with Crippen LogP contribution >= 0.6 is 0 Å². The topological polar surface area (TPSA) is 49.3 Å². The van der Waals surface area contributed by atoms with Crippen LogP contribution in [-0.2, 0) is 11.2 Å². The Morgan fingerprint density at radius 3 is 2.53 bits per heavy atom. The van der Waals surface area contributed by atoms with Crippen LogP contribution in [0.15, 0.2) is 30.3 Å². The third-order valence-electron chi connectivity index (χ3n) is 2.91. The second-order valence-corrected chi connectivity index (χ2v) is 4.60. The van der Waals surface area contributed by atoms with Gasteiger partial charge in [0.15, 0.2) is 0 Å². The van der Waals surface area contributed by atoms with Crippen LogP contribution in [-0.4, -0.2) is 23.7 Å². The molecule has 0 bridgehead atoms. The van der Waals surface area contributed by atoms with E-state index in [0.717, 1.165) is 19.4 Å². The van der Waals surface area contributed by atoms with Crippen LogP contribution in [0.4, 0.5) is 0 Å². The van der Waals surface area contributed by atoms with E-state index >= 15 is 0 Å². The van der Waals surface area contributed by atoms with Gasteiger partial charge in [0, 0.05) is 0 Å². The molecule has 2 N–H and O–H groups in total. The summed E-state index contributed by atoms with van der Waals surface area (Å²) in [6.45, 7) is 4.57. The fourth-order valence-corrected chi connectivity index (χ4v) is 1.63. The Labute approximate surface area is 103 Å². The fourth-order valence-electron chi connectivity index (χ4n) is 1.63. The molecular weight excluding hydrogens is 214 g/mol. The van der Waals surface area contributed by atoms with Crippen LogP contribution in [0.3, 0.4) is 0 Å². The van der Waals surface area contributed by atoms with E-state index in [-0.39, 0.29) is 0 Å². The number of aliphatic carboxylic acids is 1. The highest BCUT2D eigenvalue weighted by Crippen LogP contribution is 2.08. The van der Waals surface area contributed by atoms with Crippen LogP contribution in [0.1, 0.15) is 25.8 Å². The SMILES string of the molecule is CC(CCc1ccccc1)CN[C@@H](C)C(=O)O. The number of hydrogen-bond acceptors (Lipinski definition) is 2. The summed E-state index contributed by atoms with van der Waals surface area (Å²) in [6, 6.07) is 9.90. The average Bonchev–Trinajstić information content (AvgIpc) is 2.34. The van der Waals surface area contributed by atoms with Crippen molar-refractivity contribution in [1.82, 2.24) is 5.32 Å². The van der Waals surface area contributed by atoms with Gasteiger partial charge >= 0.3 is 5.97 Å². The Balaban J connectivity index is 2.22. The molecule has 3 heteroatoms. The second kappa shape index (κ2) is 7.07. The first kappa shape index (κ1) is 13.7. The molecule has 2 atom stereocenters. The first-order valence-corrected chi connectivity index (χ1v) is 6.09. The van der Waals surface area contributed by atoms with Crippen molar-refractivity contribution in [1.29, 1.82) is 0 Å². The molecule has 0 heterocycles. The lowest BCUT2D eigenvalue weighted by Gasteiger charge is -2.15. The summed E-state index contributed by atoms with van der Waals surface area (Å²) in [6.07, 6.45) is 2.12. The third-order valence-corrected chi connectivity index (χ3v) is 2.91. The number of aryl methyl sites for hydroxylation is 1. The van der Waals surface area contributed by atoms with Gasteiger partial charge in [-0.1, -0.05) is 37.3 Å². The molecule has 0 aliphatic heterocycles. The normalized spacial score (nSPS) is 14.2. The first-order valence-electron chi connectivity index (χ1n) is 6.09. The summed E-state index contributed by atoms with van der Waals surface area (Å²) in [4.78, 5) is 10.6. The smallest absolute Gasteiger partial charge is 0.320 e. The van der Waals surface area contributed by atoms with Gasteiger partial charge in [-0.2, -0.15) is 0 Å². The molecule has 17 heavy (non-hydrogen) atoms. The zero-order valence-corrected chi connectivity index (χ0v) is 10.5. The summed E-state index contributed by atoms with van der Waals surface area (Å²) in [5.41, 5.74) is 1.34. The number of benzene rings is 1. The second-order valence-electron chi connectivity index (χ2n) is 4.60. The van der Waals surface area contributed by atoms with Gasteiger partial charge in [0.05, 0.1) is 0 Å². The number of carboxylic acids is 1. The number of rotatable bonds is 7. The van der Waals surface area contributed by atoms with Crippen LogP contribution in [0, 0.1) is 5.92 Å². The van der Waals surface area contributed by atoms with Crippen molar-refractivity contribution in [2.75, 3.05) is 6.54 Å². The number of carbonyl (C=O) groups is 1. The van der Waals surface area contributed by atoms with Crippen molar-refractivity contribution < 1.29 is 9.90 Å². The lowest BCUT2D eigenvalue weighted by Crippen LogP contribution is -2.36. The summed E-state index contributed by atoms with van der Waals surface area (Å²) in [7, 11) is 0. The van der Waals surface area contributed by atoms with Crippen molar-refractivity contribution in [2.45, 2.75) is 32.7 Å². The lowest BCUT2D eigenvalue weighted by molar-refractivity contribution is -0.139. The Hall–Kier alpha value is -1.35. The van der Waals surface area contributed by atoms with Gasteiger partial charge in [0.2, 0.25) is 0 Å². The molecule has 0 spiro atoms. The zero-order chi connectivity index (χ0) is 12.7. The molecule has 0 aliphatic rings. The van der Waals surface area contributed by atoms with Crippen molar-refractivity contribution in [3.63, 3.8) is 0 Å². The van der Waals surface area contributed by atoms with Crippen LogP contribution in [0.25, 0.3) is 0 Å². The van der Waals surface area contributed by atoms with E-state index < -0.39 is 12.0 Å². The molecule has 0 fully saturated rings. The number of hydrogen-bond donors (Lipinski definition) is 2. The van der Waals surface area contributed by atoms with E-state index in [4.69, 9.17) is 5.11 Å². The highest BCUT2D eigenvalue weighted by molar-refractivity contribution is 5.72. The summed E-state index contributed by atoms with van der Waals surface area (Å²) in [5.74, 6) is -0.308.